The Balaban J connectivity index is 1.68. The van der Waals surface area contributed by atoms with E-state index in [2.05, 4.69) is 0 Å². The van der Waals surface area contributed by atoms with Crippen LogP contribution in [0.2, 0.25) is 0 Å². The molecule has 1 aliphatic heterocycles. The Morgan fingerprint density at radius 1 is 1.27 bits per heavy atom. The molecule has 0 unspecified atom stereocenters. The molecule has 0 radical (unpaired) electrons. The topological polar surface area (TPSA) is 60.8 Å². The van der Waals surface area contributed by atoms with Gasteiger partial charge in [-0.2, -0.15) is 0 Å². The summed E-state index contributed by atoms with van der Waals surface area (Å²) in [5.41, 5.74) is 0. The van der Waals surface area contributed by atoms with Crippen LogP contribution in [-0.4, -0.2) is 40.9 Å². The van der Waals surface area contributed by atoms with E-state index in [0.717, 1.165) is 18.8 Å². The summed E-state index contributed by atoms with van der Waals surface area (Å²) < 4.78 is 0. The number of rotatable bonds is 3. The average Bonchev–Trinajstić information content (AvgIpc) is 2.97. The summed E-state index contributed by atoms with van der Waals surface area (Å²) in [5.74, 6) is 1.95. The molecule has 0 aromatic carbocycles. The molecule has 4 heteroatoms. The van der Waals surface area contributed by atoms with Crippen LogP contribution in [0.25, 0.3) is 0 Å². The number of hydrogen-bond donors (Lipinski definition) is 2. The molecule has 2 fully saturated rings. The number of aliphatic hydroxyl groups excluding tert-OH is 1. The zero-order valence-corrected chi connectivity index (χ0v) is 8.93. The molecular weight excluding hydrogens is 194 g/mol. The lowest BCUT2D eigenvalue weighted by Gasteiger charge is -2.30. The van der Waals surface area contributed by atoms with Crippen molar-refractivity contribution in [3.63, 3.8) is 0 Å². The molecule has 1 amide bonds. The number of likely N-dealkylation sites (tertiary alicyclic amines) is 1. The first-order valence-electron chi connectivity index (χ1n) is 5.79. The van der Waals surface area contributed by atoms with Crippen molar-refractivity contribution in [2.75, 3.05) is 19.7 Å². The summed E-state index contributed by atoms with van der Waals surface area (Å²) in [5, 5.41) is 17.7. The SMILES string of the molecule is O=C(O)N1CCC(C[C@H]2C[C@@H]2CO)CC1. The molecule has 1 aliphatic carbocycles. The fourth-order valence-electron chi connectivity index (χ4n) is 2.61. The van der Waals surface area contributed by atoms with Crippen molar-refractivity contribution in [2.24, 2.45) is 17.8 Å². The molecular formula is C11H19NO3. The van der Waals surface area contributed by atoms with Crippen LogP contribution in [-0.2, 0) is 0 Å². The van der Waals surface area contributed by atoms with E-state index in [1.54, 1.807) is 0 Å². The maximum atomic E-state index is 10.7. The third-order valence-corrected chi connectivity index (χ3v) is 3.82. The van der Waals surface area contributed by atoms with Crippen molar-refractivity contribution >= 4 is 6.09 Å². The van der Waals surface area contributed by atoms with Gasteiger partial charge in [0.2, 0.25) is 0 Å². The fourth-order valence-corrected chi connectivity index (χ4v) is 2.61. The normalized spacial score (nSPS) is 31.7. The zero-order valence-electron chi connectivity index (χ0n) is 8.93. The molecule has 0 aromatic rings. The molecule has 2 N–H and O–H groups in total. The molecule has 2 atom stereocenters. The standard InChI is InChI=1S/C11H19NO3/c13-7-10-6-9(10)5-8-1-3-12(4-2-8)11(14)15/h8-10,13H,1-7H2,(H,14,15)/t9-,10+/m0/s1. The number of carbonyl (C=O) groups is 1. The second kappa shape index (κ2) is 4.39. The highest BCUT2D eigenvalue weighted by atomic mass is 16.4. The van der Waals surface area contributed by atoms with E-state index in [4.69, 9.17) is 10.2 Å². The first-order valence-corrected chi connectivity index (χ1v) is 5.79. The van der Waals surface area contributed by atoms with Gasteiger partial charge < -0.3 is 15.1 Å². The molecule has 1 heterocycles. The number of nitrogens with zero attached hydrogens (tertiary/aromatic N) is 1. The van der Waals surface area contributed by atoms with Crippen LogP contribution in [0.1, 0.15) is 25.7 Å². The third kappa shape index (κ3) is 2.62. The lowest BCUT2D eigenvalue weighted by atomic mass is 9.91. The summed E-state index contributed by atoms with van der Waals surface area (Å²) in [7, 11) is 0. The molecule has 0 bridgehead atoms. The molecule has 86 valence electrons. The smallest absolute Gasteiger partial charge is 0.407 e. The fraction of sp³-hybridized carbons (Fsp3) is 0.909. The van der Waals surface area contributed by atoms with Crippen molar-refractivity contribution in [2.45, 2.75) is 25.7 Å². The number of amides is 1. The molecule has 1 saturated heterocycles. The number of aliphatic hydroxyl groups is 1. The van der Waals surface area contributed by atoms with Gasteiger partial charge in [-0.15, -0.1) is 0 Å². The Labute approximate surface area is 89.9 Å². The second-order valence-electron chi connectivity index (χ2n) is 4.89. The highest BCUT2D eigenvalue weighted by molar-refractivity contribution is 5.64. The van der Waals surface area contributed by atoms with Crippen LogP contribution in [0.5, 0.6) is 0 Å². The predicted octanol–water partition coefficient (Wildman–Crippen LogP) is 1.39. The van der Waals surface area contributed by atoms with Crippen molar-refractivity contribution in [1.29, 1.82) is 0 Å². The Hall–Kier alpha value is -0.770. The van der Waals surface area contributed by atoms with Crippen molar-refractivity contribution in [3.8, 4) is 0 Å². The molecule has 0 aromatic heterocycles. The van der Waals surface area contributed by atoms with E-state index >= 15 is 0 Å². The zero-order chi connectivity index (χ0) is 10.8. The molecule has 4 nitrogen and oxygen atoms in total. The highest BCUT2D eigenvalue weighted by Gasteiger charge is 2.38. The van der Waals surface area contributed by atoms with Gasteiger partial charge in [-0.3, -0.25) is 0 Å². The number of carboxylic acid groups (broad SMARTS) is 1. The van der Waals surface area contributed by atoms with Crippen molar-refractivity contribution in [3.05, 3.63) is 0 Å². The van der Waals surface area contributed by atoms with Crippen LogP contribution in [0.4, 0.5) is 4.79 Å². The van der Waals surface area contributed by atoms with Crippen LogP contribution in [0.3, 0.4) is 0 Å². The van der Waals surface area contributed by atoms with Crippen LogP contribution >= 0.6 is 0 Å². The molecule has 15 heavy (non-hydrogen) atoms. The highest BCUT2D eigenvalue weighted by Crippen LogP contribution is 2.44. The molecule has 2 rings (SSSR count). The lowest BCUT2D eigenvalue weighted by Crippen LogP contribution is -2.37. The number of hydrogen-bond acceptors (Lipinski definition) is 2. The van der Waals surface area contributed by atoms with Gasteiger partial charge in [0.25, 0.3) is 0 Å². The Kier molecular flexibility index (Phi) is 3.14. The minimum Gasteiger partial charge on any atom is -0.465 e. The minimum atomic E-state index is -0.784. The minimum absolute atomic E-state index is 0.332. The van der Waals surface area contributed by atoms with Gasteiger partial charge in [0, 0.05) is 19.7 Å². The molecule has 1 saturated carbocycles. The van der Waals surface area contributed by atoms with Gasteiger partial charge >= 0.3 is 6.09 Å². The van der Waals surface area contributed by atoms with Crippen molar-refractivity contribution < 1.29 is 15.0 Å². The van der Waals surface area contributed by atoms with E-state index < -0.39 is 6.09 Å². The first-order chi connectivity index (χ1) is 7.20. The lowest BCUT2D eigenvalue weighted by molar-refractivity contribution is 0.121. The maximum Gasteiger partial charge on any atom is 0.407 e. The largest absolute Gasteiger partial charge is 0.465 e. The summed E-state index contributed by atoms with van der Waals surface area (Å²) in [6, 6.07) is 0. The third-order valence-electron chi connectivity index (χ3n) is 3.82. The summed E-state index contributed by atoms with van der Waals surface area (Å²) in [6.07, 6.45) is 3.59. The Bertz CT molecular complexity index is 236. The van der Waals surface area contributed by atoms with E-state index in [9.17, 15) is 4.79 Å². The van der Waals surface area contributed by atoms with Gasteiger partial charge in [-0.05, 0) is 43.4 Å². The van der Waals surface area contributed by atoms with Gasteiger partial charge in [0.15, 0.2) is 0 Å². The van der Waals surface area contributed by atoms with Gasteiger partial charge in [0.1, 0.15) is 0 Å². The first kappa shape index (κ1) is 10.7. The van der Waals surface area contributed by atoms with E-state index in [1.165, 1.54) is 17.7 Å². The van der Waals surface area contributed by atoms with Gasteiger partial charge in [0.05, 0.1) is 0 Å². The van der Waals surface area contributed by atoms with E-state index in [0.29, 0.717) is 31.5 Å². The maximum absolute atomic E-state index is 10.7. The van der Waals surface area contributed by atoms with Crippen molar-refractivity contribution in [1.82, 2.24) is 4.90 Å². The Morgan fingerprint density at radius 2 is 1.93 bits per heavy atom. The van der Waals surface area contributed by atoms with Gasteiger partial charge in [-0.1, -0.05) is 0 Å². The predicted molar refractivity (Wildman–Crippen MR) is 55.6 cm³/mol. The quantitative estimate of drug-likeness (QED) is 0.744. The summed E-state index contributed by atoms with van der Waals surface area (Å²) in [6.45, 7) is 1.71. The average molecular weight is 213 g/mol. The van der Waals surface area contributed by atoms with Gasteiger partial charge in [-0.25, -0.2) is 4.79 Å². The summed E-state index contributed by atoms with van der Waals surface area (Å²) in [4.78, 5) is 12.2. The second-order valence-corrected chi connectivity index (χ2v) is 4.89. The van der Waals surface area contributed by atoms with E-state index in [1.807, 2.05) is 0 Å². The van der Waals surface area contributed by atoms with Crippen LogP contribution < -0.4 is 0 Å². The van der Waals surface area contributed by atoms with Crippen LogP contribution in [0.15, 0.2) is 0 Å². The van der Waals surface area contributed by atoms with Crippen LogP contribution in [0, 0.1) is 17.8 Å². The number of piperidine rings is 1. The molecule has 0 spiro atoms. The monoisotopic (exact) mass is 213 g/mol. The summed E-state index contributed by atoms with van der Waals surface area (Å²) >= 11 is 0. The van der Waals surface area contributed by atoms with E-state index in [-0.39, 0.29) is 0 Å². The molecule has 2 aliphatic rings. The Morgan fingerprint density at radius 3 is 2.40 bits per heavy atom.